The lowest BCUT2D eigenvalue weighted by atomic mass is 9.97. The Hall–Kier alpha value is -0.930. The number of nitrogens with one attached hydrogen (secondary N) is 1. The quantitative estimate of drug-likeness (QED) is 0.888. The van der Waals surface area contributed by atoms with Crippen molar-refractivity contribution in [1.82, 2.24) is 10.2 Å². The summed E-state index contributed by atoms with van der Waals surface area (Å²) >= 11 is 0. The average molecular weight is 278 g/mol. The highest BCUT2D eigenvalue weighted by molar-refractivity contribution is 5.17. The highest BCUT2D eigenvalue weighted by Crippen LogP contribution is 2.20. The molecule has 1 aliphatic heterocycles. The predicted octanol–water partition coefficient (Wildman–Crippen LogP) is 3.42. The van der Waals surface area contributed by atoms with Crippen LogP contribution < -0.4 is 5.32 Å². The zero-order valence-corrected chi connectivity index (χ0v) is 12.9. The number of halogens is 1. The summed E-state index contributed by atoms with van der Waals surface area (Å²) in [5.74, 6) is 0.531. The van der Waals surface area contributed by atoms with Gasteiger partial charge in [-0.05, 0) is 18.4 Å². The third-order valence-corrected chi connectivity index (χ3v) is 4.32. The Morgan fingerprint density at radius 3 is 2.75 bits per heavy atom. The fourth-order valence-electron chi connectivity index (χ4n) is 2.99. The maximum Gasteiger partial charge on any atom is 0.127 e. The molecule has 3 heteroatoms. The van der Waals surface area contributed by atoms with E-state index in [9.17, 15) is 4.39 Å². The van der Waals surface area contributed by atoms with Crippen molar-refractivity contribution in [2.24, 2.45) is 5.92 Å². The summed E-state index contributed by atoms with van der Waals surface area (Å²) in [6.07, 6.45) is 2.35. The standard InChI is InChI=1S/C17H27FN2/c1-4-7-15-10-19-17(13(2)3)12-20(15)11-14-8-5-6-9-16(14)18/h5-6,8-9,13,15,17,19H,4,7,10-12H2,1-3H3. The normalized spacial score (nSPS) is 24.2. The number of hydrogen-bond acceptors (Lipinski definition) is 2. The molecule has 1 saturated heterocycles. The highest BCUT2D eigenvalue weighted by atomic mass is 19.1. The molecule has 2 unspecified atom stereocenters. The summed E-state index contributed by atoms with van der Waals surface area (Å²) in [5, 5.41) is 3.65. The van der Waals surface area contributed by atoms with Crippen molar-refractivity contribution in [2.75, 3.05) is 13.1 Å². The first-order chi connectivity index (χ1) is 9.61. The van der Waals surface area contributed by atoms with Gasteiger partial charge in [0, 0.05) is 37.3 Å². The minimum atomic E-state index is -0.0811. The van der Waals surface area contributed by atoms with Gasteiger partial charge < -0.3 is 5.32 Å². The van der Waals surface area contributed by atoms with Crippen molar-refractivity contribution in [3.63, 3.8) is 0 Å². The van der Waals surface area contributed by atoms with Crippen molar-refractivity contribution in [3.05, 3.63) is 35.6 Å². The van der Waals surface area contributed by atoms with Gasteiger partial charge in [-0.15, -0.1) is 0 Å². The van der Waals surface area contributed by atoms with E-state index >= 15 is 0 Å². The smallest absolute Gasteiger partial charge is 0.127 e. The van der Waals surface area contributed by atoms with Crippen LogP contribution in [-0.2, 0) is 6.54 Å². The topological polar surface area (TPSA) is 15.3 Å². The molecule has 0 amide bonds. The summed E-state index contributed by atoms with van der Waals surface area (Å²) in [7, 11) is 0. The summed E-state index contributed by atoms with van der Waals surface area (Å²) < 4.78 is 13.9. The Kier molecular flexibility index (Phi) is 5.55. The number of piperazine rings is 1. The monoisotopic (exact) mass is 278 g/mol. The van der Waals surface area contributed by atoms with E-state index in [1.165, 1.54) is 12.8 Å². The van der Waals surface area contributed by atoms with Gasteiger partial charge in [0.25, 0.3) is 0 Å². The van der Waals surface area contributed by atoms with Crippen molar-refractivity contribution in [1.29, 1.82) is 0 Å². The molecule has 2 atom stereocenters. The van der Waals surface area contributed by atoms with Crippen LogP contribution in [0, 0.1) is 11.7 Å². The first-order valence-electron chi connectivity index (χ1n) is 7.82. The minimum absolute atomic E-state index is 0.0811. The van der Waals surface area contributed by atoms with E-state index in [1.54, 1.807) is 12.1 Å². The van der Waals surface area contributed by atoms with Crippen molar-refractivity contribution >= 4 is 0 Å². The first-order valence-corrected chi connectivity index (χ1v) is 7.82. The minimum Gasteiger partial charge on any atom is -0.311 e. The summed E-state index contributed by atoms with van der Waals surface area (Å²) in [6, 6.07) is 8.19. The zero-order valence-electron chi connectivity index (χ0n) is 12.9. The van der Waals surface area contributed by atoms with E-state index in [0.29, 0.717) is 18.0 Å². The van der Waals surface area contributed by atoms with Crippen LogP contribution in [0.1, 0.15) is 39.2 Å². The van der Waals surface area contributed by atoms with Crippen LogP contribution in [0.2, 0.25) is 0 Å². The molecular weight excluding hydrogens is 251 g/mol. The number of hydrogen-bond donors (Lipinski definition) is 1. The molecule has 0 saturated carbocycles. The van der Waals surface area contributed by atoms with Crippen LogP contribution in [0.15, 0.2) is 24.3 Å². The molecule has 1 heterocycles. The number of benzene rings is 1. The largest absolute Gasteiger partial charge is 0.311 e. The first kappa shape index (κ1) is 15.5. The second kappa shape index (κ2) is 7.19. The van der Waals surface area contributed by atoms with Crippen LogP contribution in [0.4, 0.5) is 4.39 Å². The third-order valence-electron chi connectivity index (χ3n) is 4.32. The molecule has 2 nitrogen and oxygen atoms in total. The Labute approximate surface area is 122 Å². The van der Waals surface area contributed by atoms with E-state index in [0.717, 1.165) is 25.2 Å². The van der Waals surface area contributed by atoms with Gasteiger partial charge in [-0.2, -0.15) is 0 Å². The molecule has 112 valence electrons. The molecule has 0 radical (unpaired) electrons. The van der Waals surface area contributed by atoms with Gasteiger partial charge in [-0.25, -0.2) is 4.39 Å². The lowest BCUT2D eigenvalue weighted by molar-refractivity contribution is 0.0986. The molecule has 1 aromatic rings. The Bertz CT molecular complexity index is 419. The Morgan fingerprint density at radius 1 is 1.35 bits per heavy atom. The summed E-state index contributed by atoms with van der Waals surface area (Å²) in [4.78, 5) is 2.46. The van der Waals surface area contributed by atoms with E-state index in [1.807, 2.05) is 12.1 Å². The van der Waals surface area contributed by atoms with Crippen LogP contribution in [-0.4, -0.2) is 30.1 Å². The van der Waals surface area contributed by atoms with Gasteiger partial charge in [0.1, 0.15) is 5.82 Å². The molecule has 1 aliphatic rings. The molecule has 0 bridgehead atoms. The van der Waals surface area contributed by atoms with Crippen LogP contribution in [0.5, 0.6) is 0 Å². The van der Waals surface area contributed by atoms with E-state index < -0.39 is 0 Å². The Morgan fingerprint density at radius 2 is 2.10 bits per heavy atom. The second-order valence-corrected chi connectivity index (χ2v) is 6.22. The highest BCUT2D eigenvalue weighted by Gasteiger charge is 2.29. The van der Waals surface area contributed by atoms with Gasteiger partial charge in [-0.3, -0.25) is 4.90 Å². The molecule has 0 aromatic heterocycles. The van der Waals surface area contributed by atoms with Crippen molar-refractivity contribution in [3.8, 4) is 0 Å². The molecule has 1 fully saturated rings. The van der Waals surface area contributed by atoms with Gasteiger partial charge in [0.2, 0.25) is 0 Å². The van der Waals surface area contributed by atoms with Crippen LogP contribution in [0.25, 0.3) is 0 Å². The molecule has 20 heavy (non-hydrogen) atoms. The average Bonchev–Trinajstić information content (AvgIpc) is 2.43. The third kappa shape index (κ3) is 3.80. The van der Waals surface area contributed by atoms with Crippen molar-refractivity contribution < 1.29 is 4.39 Å². The number of nitrogens with zero attached hydrogens (tertiary/aromatic N) is 1. The number of rotatable bonds is 5. The fourth-order valence-corrected chi connectivity index (χ4v) is 2.99. The van der Waals surface area contributed by atoms with Gasteiger partial charge in [0.05, 0.1) is 0 Å². The molecule has 1 N–H and O–H groups in total. The molecule has 2 rings (SSSR count). The van der Waals surface area contributed by atoms with E-state index in [-0.39, 0.29) is 5.82 Å². The predicted molar refractivity (Wildman–Crippen MR) is 82.1 cm³/mol. The maximum atomic E-state index is 13.9. The lowest BCUT2D eigenvalue weighted by Gasteiger charge is -2.42. The van der Waals surface area contributed by atoms with Crippen molar-refractivity contribution in [2.45, 2.75) is 52.2 Å². The van der Waals surface area contributed by atoms with E-state index in [4.69, 9.17) is 0 Å². The summed E-state index contributed by atoms with van der Waals surface area (Å²) in [6.45, 7) is 9.47. The van der Waals surface area contributed by atoms with E-state index in [2.05, 4.69) is 31.0 Å². The van der Waals surface area contributed by atoms with Gasteiger partial charge in [-0.1, -0.05) is 45.4 Å². The molecular formula is C17H27FN2. The lowest BCUT2D eigenvalue weighted by Crippen LogP contribution is -2.57. The summed E-state index contributed by atoms with van der Waals surface area (Å²) in [5.41, 5.74) is 0.818. The molecule has 0 spiro atoms. The second-order valence-electron chi connectivity index (χ2n) is 6.22. The SMILES string of the molecule is CCCC1CNC(C(C)C)CN1Cc1ccccc1F. The van der Waals surface area contributed by atoms with Gasteiger partial charge in [0.15, 0.2) is 0 Å². The Balaban J connectivity index is 2.09. The van der Waals surface area contributed by atoms with Crippen LogP contribution >= 0.6 is 0 Å². The van der Waals surface area contributed by atoms with Gasteiger partial charge >= 0.3 is 0 Å². The molecule has 0 aliphatic carbocycles. The fraction of sp³-hybridized carbons (Fsp3) is 0.647. The maximum absolute atomic E-state index is 13.9. The molecule has 1 aromatic carbocycles. The zero-order chi connectivity index (χ0) is 14.5. The van der Waals surface area contributed by atoms with Crippen LogP contribution in [0.3, 0.4) is 0 Å².